The second-order valence-electron chi connectivity index (χ2n) is 4.45. The fourth-order valence-corrected chi connectivity index (χ4v) is 2.19. The molecule has 0 aliphatic rings. The van der Waals surface area contributed by atoms with Crippen LogP contribution in [-0.2, 0) is 12.1 Å². The average Bonchev–Trinajstić information content (AvgIpc) is 2.93. The Balaban J connectivity index is 2.13. The Bertz CT molecular complexity index is 778. The molecule has 0 N–H and O–H groups in total. The van der Waals surface area contributed by atoms with E-state index in [0.29, 0.717) is 22.6 Å². The normalized spacial score (nSPS) is 12.0. The van der Waals surface area contributed by atoms with Crippen LogP contribution in [0.5, 0.6) is 0 Å². The first-order valence-electron chi connectivity index (χ1n) is 6.05. The molecule has 1 aromatic carbocycles. The second kappa shape index (κ2) is 5.04. The van der Waals surface area contributed by atoms with Gasteiger partial charge in [0, 0.05) is 24.2 Å². The first-order chi connectivity index (χ1) is 9.99. The molecule has 21 heavy (non-hydrogen) atoms. The van der Waals surface area contributed by atoms with Crippen LogP contribution in [0.1, 0.15) is 11.3 Å². The number of nitrogens with zero attached hydrogens (tertiary/aromatic N) is 3. The molecule has 0 aliphatic carbocycles. The molecule has 3 aromatic rings. The van der Waals surface area contributed by atoms with Gasteiger partial charge in [-0.05, 0) is 12.1 Å². The number of hydrogen-bond acceptors (Lipinski definition) is 2. The van der Waals surface area contributed by atoms with Crippen LogP contribution in [0.15, 0.2) is 42.9 Å². The number of rotatable bonds is 2. The van der Waals surface area contributed by atoms with Gasteiger partial charge < -0.3 is 4.40 Å². The fraction of sp³-hybridized carbons (Fsp3) is 0.143. The summed E-state index contributed by atoms with van der Waals surface area (Å²) in [4.78, 5) is 8.53. The van der Waals surface area contributed by atoms with Gasteiger partial charge in [0.05, 0.1) is 17.1 Å². The van der Waals surface area contributed by atoms with Gasteiger partial charge in [0.1, 0.15) is 5.69 Å². The fourth-order valence-electron chi connectivity index (χ4n) is 2.06. The van der Waals surface area contributed by atoms with Gasteiger partial charge in [-0.25, -0.2) is 9.97 Å². The lowest BCUT2D eigenvalue weighted by atomic mass is 10.1. The zero-order chi connectivity index (χ0) is 15.0. The summed E-state index contributed by atoms with van der Waals surface area (Å²) in [6, 6.07) is 4.84. The van der Waals surface area contributed by atoms with Crippen LogP contribution in [-0.4, -0.2) is 14.4 Å². The molecule has 108 valence electrons. The van der Waals surface area contributed by atoms with Crippen molar-refractivity contribution in [3.63, 3.8) is 0 Å². The molecule has 0 aliphatic heterocycles. The Kier molecular flexibility index (Phi) is 3.33. The highest BCUT2D eigenvalue weighted by molar-refractivity contribution is 6.16. The van der Waals surface area contributed by atoms with E-state index >= 15 is 0 Å². The van der Waals surface area contributed by atoms with Crippen LogP contribution in [0.25, 0.3) is 16.9 Å². The van der Waals surface area contributed by atoms with Gasteiger partial charge in [-0.3, -0.25) is 0 Å². The lowest BCUT2D eigenvalue weighted by molar-refractivity contribution is -0.137. The minimum atomic E-state index is -4.35. The Labute approximate surface area is 123 Å². The van der Waals surface area contributed by atoms with E-state index in [-0.39, 0.29) is 5.88 Å². The average molecular weight is 312 g/mol. The van der Waals surface area contributed by atoms with Gasteiger partial charge in [-0.2, -0.15) is 13.2 Å². The number of halogens is 4. The zero-order valence-electron chi connectivity index (χ0n) is 10.6. The topological polar surface area (TPSA) is 30.2 Å². The van der Waals surface area contributed by atoms with E-state index in [2.05, 4.69) is 9.97 Å². The molecule has 0 saturated heterocycles. The van der Waals surface area contributed by atoms with E-state index in [1.165, 1.54) is 12.1 Å². The highest BCUT2D eigenvalue weighted by Crippen LogP contribution is 2.31. The molecule has 3 rings (SSSR count). The zero-order valence-corrected chi connectivity index (χ0v) is 11.4. The van der Waals surface area contributed by atoms with Gasteiger partial charge in [0.2, 0.25) is 0 Å². The molecule has 0 atom stereocenters. The highest BCUT2D eigenvalue weighted by Gasteiger charge is 2.30. The molecule has 0 amide bonds. The second-order valence-corrected chi connectivity index (χ2v) is 4.71. The van der Waals surface area contributed by atoms with Gasteiger partial charge in [-0.1, -0.05) is 12.1 Å². The molecule has 0 unspecified atom stereocenters. The number of hydrogen-bond donors (Lipinski definition) is 0. The predicted octanol–water partition coefficient (Wildman–Crippen LogP) is 4.15. The maximum atomic E-state index is 12.6. The van der Waals surface area contributed by atoms with E-state index < -0.39 is 11.7 Å². The van der Waals surface area contributed by atoms with Crippen molar-refractivity contribution in [3.8, 4) is 11.3 Å². The maximum Gasteiger partial charge on any atom is 0.416 e. The number of fused-ring (bicyclic) bond motifs is 1. The first kappa shape index (κ1) is 13.9. The molecule has 0 fully saturated rings. The van der Waals surface area contributed by atoms with Crippen molar-refractivity contribution in [2.24, 2.45) is 0 Å². The molecule has 0 saturated carbocycles. The monoisotopic (exact) mass is 311 g/mol. The molecular formula is C14H9ClF3N3. The molecule has 2 aromatic heterocycles. The van der Waals surface area contributed by atoms with Crippen molar-refractivity contribution in [2.45, 2.75) is 12.1 Å². The lowest BCUT2D eigenvalue weighted by Gasteiger charge is -2.09. The number of aromatic nitrogens is 3. The van der Waals surface area contributed by atoms with Gasteiger partial charge in [-0.15, -0.1) is 11.6 Å². The molecule has 3 nitrogen and oxygen atoms in total. The van der Waals surface area contributed by atoms with Crippen molar-refractivity contribution < 1.29 is 13.2 Å². The maximum absolute atomic E-state index is 12.6. The third kappa shape index (κ3) is 2.58. The molecular weight excluding hydrogens is 303 g/mol. The standard InChI is InChI=1S/C14H9ClF3N3/c15-7-11-8-21-6-5-19-13(21)12(20-11)9-1-3-10(4-2-9)14(16,17)18/h1-6,8H,7H2. The minimum Gasteiger partial charge on any atom is -0.303 e. The Morgan fingerprint density at radius 1 is 1.14 bits per heavy atom. The van der Waals surface area contributed by atoms with Crippen molar-refractivity contribution in [3.05, 3.63) is 54.1 Å². The SMILES string of the molecule is FC(F)(F)c1ccc(-c2nc(CCl)cn3ccnc23)cc1. The number of benzene rings is 1. The molecule has 7 heteroatoms. The Hall–Kier alpha value is -2.08. The third-order valence-electron chi connectivity index (χ3n) is 3.05. The summed E-state index contributed by atoms with van der Waals surface area (Å²) in [5.41, 5.74) is 1.57. The predicted molar refractivity (Wildman–Crippen MR) is 73.0 cm³/mol. The lowest BCUT2D eigenvalue weighted by Crippen LogP contribution is -2.04. The third-order valence-corrected chi connectivity index (χ3v) is 3.32. The summed E-state index contributed by atoms with van der Waals surface area (Å²) in [6.45, 7) is 0. The number of imidazole rings is 1. The van der Waals surface area contributed by atoms with Crippen LogP contribution in [0.2, 0.25) is 0 Å². The summed E-state index contributed by atoms with van der Waals surface area (Å²) >= 11 is 5.79. The molecule has 0 spiro atoms. The molecule has 0 bridgehead atoms. The van der Waals surface area contributed by atoms with Crippen LogP contribution in [0.3, 0.4) is 0 Å². The Morgan fingerprint density at radius 3 is 2.48 bits per heavy atom. The minimum absolute atomic E-state index is 0.210. The van der Waals surface area contributed by atoms with Gasteiger partial charge in [0.25, 0.3) is 0 Å². The van der Waals surface area contributed by atoms with E-state index in [9.17, 15) is 13.2 Å². The summed E-state index contributed by atoms with van der Waals surface area (Å²) < 4.78 is 39.5. The van der Waals surface area contributed by atoms with Crippen molar-refractivity contribution in [1.29, 1.82) is 0 Å². The van der Waals surface area contributed by atoms with E-state index in [1.807, 2.05) is 0 Å². The van der Waals surface area contributed by atoms with Crippen LogP contribution >= 0.6 is 11.6 Å². The van der Waals surface area contributed by atoms with E-state index in [4.69, 9.17) is 11.6 Å². The summed E-state index contributed by atoms with van der Waals surface area (Å²) in [5.74, 6) is 0.210. The van der Waals surface area contributed by atoms with Gasteiger partial charge in [0.15, 0.2) is 5.65 Å². The summed E-state index contributed by atoms with van der Waals surface area (Å²) in [6.07, 6.45) is 0.721. The Morgan fingerprint density at radius 2 is 1.86 bits per heavy atom. The summed E-state index contributed by atoms with van der Waals surface area (Å²) in [5, 5.41) is 0. The van der Waals surface area contributed by atoms with Crippen LogP contribution < -0.4 is 0 Å². The molecule has 0 radical (unpaired) electrons. The van der Waals surface area contributed by atoms with Crippen molar-refractivity contribution in [2.75, 3.05) is 0 Å². The summed E-state index contributed by atoms with van der Waals surface area (Å²) in [7, 11) is 0. The van der Waals surface area contributed by atoms with E-state index in [1.54, 1.807) is 23.0 Å². The van der Waals surface area contributed by atoms with E-state index in [0.717, 1.165) is 12.1 Å². The quantitative estimate of drug-likeness (QED) is 0.665. The largest absolute Gasteiger partial charge is 0.416 e. The smallest absolute Gasteiger partial charge is 0.303 e. The van der Waals surface area contributed by atoms with Crippen molar-refractivity contribution in [1.82, 2.24) is 14.4 Å². The first-order valence-corrected chi connectivity index (χ1v) is 6.58. The molecule has 2 heterocycles. The van der Waals surface area contributed by atoms with Crippen LogP contribution in [0, 0.1) is 0 Å². The van der Waals surface area contributed by atoms with Crippen molar-refractivity contribution >= 4 is 17.2 Å². The van der Waals surface area contributed by atoms with Crippen LogP contribution in [0.4, 0.5) is 13.2 Å². The highest BCUT2D eigenvalue weighted by atomic mass is 35.5. The van der Waals surface area contributed by atoms with Gasteiger partial charge >= 0.3 is 6.18 Å². The number of alkyl halides is 4.